The van der Waals surface area contributed by atoms with E-state index in [-0.39, 0.29) is 5.91 Å². The van der Waals surface area contributed by atoms with Crippen LogP contribution in [0.1, 0.15) is 24.8 Å². The first-order chi connectivity index (χ1) is 8.24. The number of rotatable bonds is 3. The predicted molar refractivity (Wildman–Crippen MR) is 72.6 cm³/mol. The lowest BCUT2D eigenvalue weighted by atomic mass is 9.99. The second-order valence-electron chi connectivity index (χ2n) is 5.24. The number of fused-ring (bicyclic) bond motifs is 1. The Hall–Kier alpha value is -0.830. The number of hydrogen-bond donors (Lipinski definition) is 0. The molecule has 0 bridgehead atoms. The molecular formula is C14H16BrNO. The summed E-state index contributed by atoms with van der Waals surface area (Å²) >= 11 is 3.58. The average Bonchev–Trinajstić information content (AvgIpc) is 3.14. The molecule has 1 saturated carbocycles. The van der Waals surface area contributed by atoms with Crippen molar-refractivity contribution >= 4 is 27.5 Å². The number of para-hydroxylation sites is 1. The Bertz CT molecular complexity index is 453. The van der Waals surface area contributed by atoms with Gasteiger partial charge >= 0.3 is 0 Å². The molecule has 1 heterocycles. The number of hydrogen-bond acceptors (Lipinski definition) is 1. The fourth-order valence-corrected chi connectivity index (χ4v) is 3.25. The predicted octanol–water partition coefficient (Wildman–Crippen LogP) is 3.14. The van der Waals surface area contributed by atoms with Gasteiger partial charge in [0, 0.05) is 24.0 Å². The highest BCUT2D eigenvalue weighted by Gasteiger charge is 2.44. The minimum atomic E-state index is 0.288. The number of halogens is 1. The Balaban J connectivity index is 1.90. The van der Waals surface area contributed by atoms with Gasteiger partial charge in [0.25, 0.3) is 0 Å². The van der Waals surface area contributed by atoms with Gasteiger partial charge in [-0.2, -0.15) is 0 Å². The van der Waals surface area contributed by atoms with E-state index in [1.54, 1.807) is 0 Å². The van der Waals surface area contributed by atoms with Crippen LogP contribution in [0.5, 0.6) is 0 Å². The Morgan fingerprint density at radius 2 is 2.00 bits per heavy atom. The average molecular weight is 294 g/mol. The summed E-state index contributed by atoms with van der Waals surface area (Å²) < 4.78 is 0. The van der Waals surface area contributed by atoms with Gasteiger partial charge in [-0.05, 0) is 36.3 Å². The fraction of sp³-hybridized carbons (Fsp3) is 0.500. The number of carbonyl (C=O) groups excluding carboxylic acids is 1. The lowest BCUT2D eigenvalue weighted by Crippen LogP contribution is -2.39. The van der Waals surface area contributed by atoms with Gasteiger partial charge in [0.15, 0.2) is 0 Å². The van der Waals surface area contributed by atoms with Crippen molar-refractivity contribution in [3.8, 4) is 0 Å². The second kappa shape index (κ2) is 4.13. The van der Waals surface area contributed by atoms with Gasteiger partial charge in [-0.3, -0.25) is 4.79 Å². The van der Waals surface area contributed by atoms with Crippen LogP contribution in [0.4, 0.5) is 5.69 Å². The molecule has 0 spiro atoms. The summed E-state index contributed by atoms with van der Waals surface area (Å²) in [7, 11) is 0. The third-order valence-corrected chi connectivity index (χ3v) is 5.12. The molecule has 1 aromatic rings. The summed E-state index contributed by atoms with van der Waals surface area (Å²) in [6.45, 7) is 0.883. The molecule has 2 aliphatic rings. The first-order valence-corrected chi connectivity index (χ1v) is 7.30. The summed E-state index contributed by atoms with van der Waals surface area (Å²) in [6, 6.07) is 8.31. The van der Waals surface area contributed by atoms with Gasteiger partial charge in [0.2, 0.25) is 5.91 Å². The van der Waals surface area contributed by atoms with E-state index in [1.165, 1.54) is 18.4 Å². The minimum Gasteiger partial charge on any atom is -0.312 e. The van der Waals surface area contributed by atoms with Crippen molar-refractivity contribution in [1.29, 1.82) is 0 Å². The van der Waals surface area contributed by atoms with E-state index >= 15 is 0 Å². The molecule has 0 radical (unpaired) electrons. The highest BCUT2D eigenvalue weighted by molar-refractivity contribution is 9.09. The molecule has 1 aromatic carbocycles. The zero-order valence-corrected chi connectivity index (χ0v) is 11.4. The smallest absolute Gasteiger partial charge is 0.227 e. The normalized spacial score (nSPS) is 21.2. The Kier molecular flexibility index (Phi) is 2.74. The number of aryl methyl sites for hydroxylation is 1. The van der Waals surface area contributed by atoms with E-state index in [0.29, 0.717) is 11.8 Å². The van der Waals surface area contributed by atoms with Crippen LogP contribution in [0.2, 0.25) is 0 Å². The maximum atomic E-state index is 12.1. The fourth-order valence-electron chi connectivity index (χ4n) is 2.52. The number of carbonyl (C=O) groups is 1. The lowest BCUT2D eigenvalue weighted by molar-refractivity contribution is -0.119. The summed E-state index contributed by atoms with van der Waals surface area (Å²) in [5.41, 5.74) is 2.80. The molecule has 1 fully saturated rings. The molecule has 0 atom stereocenters. The number of anilines is 1. The third-order valence-electron chi connectivity index (χ3n) is 3.93. The van der Waals surface area contributed by atoms with E-state index in [4.69, 9.17) is 0 Å². The number of alkyl halides is 1. The molecule has 1 aliphatic carbocycles. The van der Waals surface area contributed by atoms with Crippen molar-refractivity contribution in [2.75, 3.05) is 16.8 Å². The molecule has 1 aliphatic heterocycles. The number of nitrogens with zero attached hydrogens (tertiary/aromatic N) is 1. The van der Waals surface area contributed by atoms with Gasteiger partial charge < -0.3 is 4.90 Å². The molecule has 90 valence electrons. The van der Waals surface area contributed by atoms with E-state index in [1.807, 2.05) is 11.0 Å². The second-order valence-corrected chi connectivity index (χ2v) is 5.80. The third kappa shape index (κ3) is 2.01. The quantitative estimate of drug-likeness (QED) is 0.784. The first-order valence-electron chi connectivity index (χ1n) is 6.18. The molecule has 0 unspecified atom stereocenters. The number of benzene rings is 1. The van der Waals surface area contributed by atoms with Gasteiger partial charge in [0.1, 0.15) is 0 Å². The highest BCUT2D eigenvalue weighted by atomic mass is 79.9. The van der Waals surface area contributed by atoms with Crippen molar-refractivity contribution in [1.82, 2.24) is 0 Å². The van der Waals surface area contributed by atoms with Crippen LogP contribution in [0.25, 0.3) is 0 Å². The standard InChI is InChI=1S/C14H16BrNO/c15-9-14(7-8-14)10-16-12-4-2-1-3-11(12)5-6-13(16)17/h1-4H,5-10H2. The van der Waals surface area contributed by atoms with Crippen LogP contribution in [-0.2, 0) is 11.2 Å². The topological polar surface area (TPSA) is 20.3 Å². The zero-order chi connectivity index (χ0) is 11.9. The summed E-state index contributed by atoms with van der Waals surface area (Å²) in [5, 5.41) is 1.01. The summed E-state index contributed by atoms with van der Waals surface area (Å²) in [5.74, 6) is 0.288. The SMILES string of the molecule is O=C1CCc2ccccc2N1CC1(CBr)CC1. The monoisotopic (exact) mass is 293 g/mol. The molecule has 1 amide bonds. The Labute approximate surface area is 110 Å². The van der Waals surface area contributed by atoms with Gasteiger partial charge in [0.05, 0.1) is 0 Å². The molecule has 0 aromatic heterocycles. The van der Waals surface area contributed by atoms with Crippen LogP contribution in [0, 0.1) is 5.41 Å². The van der Waals surface area contributed by atoms with Crippen LogP contribution in [-0.4, -0.2) is 17.8 Å². The summed E-state index contributed by atoms with van der Waals surface area (Å²) in [4.78, 5) is 14.1. The van der Waals surface area contributed by atoms with E-state index in [9.17, 15) is 4.79 Å². The van der Waals surface area contributed by atoms with Gasteiger partial charge in [-0.1, -0.05) is 34.1 Å². The minimum absolute atomic E-state index is 0.288. The number of amides is 1. The van der Waals surface area contributed by atoms with Crippen LogP contribution in [0.15, 0.2) is 24.3 Å². The summed E-state index contributed by atoms with van der Waals surface area (Å²) in [6.07, 6.45) is 4.04. The van der Waals surface area contributed by atoms with Crippen molar-refractivity contribution in [3.63, 3.8) is 0 Å². The highest BCUT2D eigenvalue weighted by Crippen LogP contribution is 2.48. The molecule has 17 heavy (non-hydrogen) atoms. The van der Waals surface area contributed by atoms with Crippen molar-refractivity contribution in [2.24, 2.45) is 5.41 Å². The molecule has 2 nitrogen and oxygen atoms in total. The molecule has 0 saturated heterocycles. The molecule has 0 N–H and O–H groups in total. The van der Waals surface area contributed by atoms with E-state index in [0.717, 1.165) is 24.0 Å². The lowest BCUT2D eigenvalue weighted by Gasteiger charge is -2.32. The van der Waals surface area contributed by atoms with Crippen LogP contribution < -0.4 is 4.90 Å². The van der Waals surface area contributed by atoms with Crippen molar-refractivity contribution in [2.45, 2.75) is 25.7 Å². The van der Waals surface area contributed by atoms with Crippen molar-refractivity contribution < 1.29 is 4.79 Å². The molecular weight excluding hydrogens is 278 g/mol. The largest absolute Gasteiger partial charge is 0.312 e. The Morgan fingerprint density at radius 3 is 2.71 bits per heavy atom. The van der Waals surface area contributed by atoms with Gasteiger partial charge in [-0.25, -0.2) is 0 Å². The maximum Gasteiger partial charge on any atom is 0.227 e. The molecule has 3 rings (SSSR count). The van der Waals surface area contributed by atoms with E-state index < -0.39 is 0 Å². The first kappa shape index (κ1) is 11.3. The molecule has 3 heteroatoms. The van der Waals surface area contributed by atoms with Crippen LogP contribution >= 0.6 is 15.9 Å². The van der Waals surface area contributed by atoms with Gasteiger partial charge in [-0.15, -0.1) is 0 Å². The van der Waals surface area contributed by atoms with E-state index in [2.05, 4.69) is 34.1 Å². The zero-order valence-electron chi connectivity index (χ0n) is 9.79. The van der Waals surface area contributed by atoms with Crippen molar-refractivity contribution in [3.05, 3.63) is 29.8 Å². The Morgan fingerprint density at radius 1 is 1.24 bits per heavy atom. The maximum absolute atomic E-state index is 12.1. The van der Waals surface area contributed by atoms with Crippen LogP contribution in [0.3, 0.4) is 0 Å².